The van der Waals surface area contributed by atoms with Crippen LogP contribution in [0, 0.1) is 0 Å². The maximum Gasteiger partial charge on any atom is 0.272 e. The van der Waals surface area contributed by atoms with Gasteiger partial charge in [0.2, 0.25) is 0 Å². The topological polar surface area (TPSA) is 67.3 Å². The second-order valence-electron chi connectivity index (χ2n) is 5.70. The fourth-order valence-electron chi connectivity index (χ4n) is 2.79. The third-order valence-corrected chi connectivity index (χ3v) is 6.71. The van der Waals surface area contributed by atoms with E-state index in [1.165, 1.54) is 0 Å². The number of carbonyl (C=O) groups excluding carboxylic acids is 1. The fourth-order valence-corrected chi connectivity index (χ4v) is 4.36. The van der Waals surface area contributed by atoms with E-state index in [9.17, 15) is 13.2 Å². The summed E-state index contributed by atoms with van der Waals surface area (Å²) in [7, 11) is -3.11. The number of amides is 1. The molecule has 0 bridgehead atoms. The number of carbonyl (C=O) groups is 1. The van der Waals surface area contributed by atoms with E-state index in [1.807, 2.05) is 30.3 Å². The maximum atomic E-state index is 12.7. The average Bonchev–Trinajstić information content (AvgIpc) is 2.52. The molecule has 3 rings (SSSR count). The van der Waals surface area contributed by atoms with Gasteiger partial charge in [-0.2, -0.15) is 0 Å². The van der Waals surface area contributed by atoms with Crippen molar-refractivity contribution in [2.45, 2.75) is 25.1 Å². The standard InChI is InChI=1S/C16H18N2O3S/c1-11-12(2)22(20,21)10-9-18(11)16(19)15-8-7-13-5-3-4-6-14(13)17-15/h3-8,11-12H,9-10H2,1-2H3. The van der Waals surface area contributed by atoms with Gasteiger partial charge in [-0.3, -0.25) is 4.79 Å². The van der Waals surface area contributed by atoms with Crippen LogP contribution in [-0.4, -0.2) is 47.8 Å². The minimum atomic E-state index is -3.11. The first-order valence-electron chi connectivity index (χ1n) is 7.28. The van der Waals surface area contributed by atoms with Crippen LogP contribution in [0.15, 0.2) is 36.4 Å². The van der Waals surface area contributed by atoms with Gasteiger partial charge in [0.1, 0.15) is 5.69 Å². The number of nitrogens with zero attached hydrogens (tertiary/aromatic N) is 2. The molecule has 0 N–H and O–H groups in total. The zero-order valence-electron chi connectivity index (χ0n) is 12.6. The molecule has 0 aliphatic carbocycles. The third kappa shape index (κ3) is 2.47. The molecule has 6 heteroatoms. The summed E-state index contributed by atoms with van der Waals surface area (Å²) in [4.78, 5) is 18.7. The summed E-state index contributed by atoms with van der Waals surface area (Å²) in [6, 6.07) is 10.8. The molecule has 22 heavy (non-hydrogen) atoms. The maximum absolute atomic E-state index is 12.7. The van der Waals surface area contributed by atoms with Crippen LogP contribution in [0.2, 0.25) is 0 Å². The van der Waals surface area contributed by atoms with Crippen molar-refractivity contribution in [3.8, 4) is 0 Å². The van der Waals surface area contributed by atoms with Gasteiger partial charge in [-0.15, -0.1) is 0 Å². The number of hydrogen-bond donors (Lipinski definition) is 0. The minimum absolute atomic E-state index is 0.0117. The van der Waals surface area contributed by atoms with Crippen molar-refractivity contribution in [1.29, 1.82) is 0 Å². The fraction of sp³-hybridized carbons (Fsp3) is 0.375. The average molecular weight is 318 g/mol. The van der Waals surface area contributed by atoms with Crippen molar-refractivity contribution in [2.75, 3.05) is 12.3 Å². The highest BCUT2D eigenvalue weighted by molar-refractivity contribution is 7.92. The molecular weight excluding hydrogens is 300 g/mol. The Balaban J connectivity index is 1.92. The van der Waals surface area contributed by atoms with Crippen LogP contribution in [0.3, 0.4) is 0 Å². The smallest absolute Gasteiger partial charge is 0.272 e. The summed E-state index contributed by atoms with van der Waals surface area (Å²) in [5.41, 5.74) is 1.12. The number of benzene rings is 1. The Labute approximate surface area is 129 Å². The van der Waals surface area contributed by atoms with E-state index >= 15 is 0 Å². The highest BCUT2D eigenvalue weighted by atomic mass is 32.2. The van der Waals surface area contributed by atoms with Crippen LogP contribution in [0.5, 0.6) is 0 Å². The van der Waals surface area contributed by atoms with Crippen LogP contribution in [-0.2, 0) is 9.84 Å². The Morgan fingerprint density at radius 2 is 1.91 bits per heavy atom. The molecule has 1 aromatic heterocycles. The molecule has 1 saturated heterocycles. The Kier molecular flexibility index (Phi) is 3.64. The first-order chi connectivity index (χ1) is 10.4. The summed E-state index contributed by atoms with van der Waals surface area (Å²) in [5, 5.41) is 0.423. The predicted molar refractivity (Wildman–Crippen MR) is 85.5 cm³/mol. The number of pyridine rings is 1. The van der Waals surface area contributed by atoms with E-state index < -0.39 is 15.1 Å². The Morgan fingerprint density at radius 3 is 2.68 bits per heavy atom. The summed E-state index contributed by atoms with van der Waals surface area (Å²) < 4.78 is 23.8. The molecular formula is C16H18N2O3S. The van der Waals surface area contributed by atoms with Crippen LogP contribution in [0.1, 0.15) is 24.3 Å². The number of sulfone groups is 1. The van der Waals surface area contributed by atoms with E-state index in [1.54, 1.807) is 24.8 Å². The largest absolute Gasteiger partial charge is 0.332 e. The lowest BCUT2D eigenvalue weighted by molar-refractivity contribution is 0.0687. The van der Waals surface area contributed by atoms with Gasteiger partial charge in [0.25, 0.3) is 5.91 Å². The van der Waals surface area contributed by atoms with Crippen LogP contribution in [0.25, 0.3) is 10.9 Å². The van der Waals surface area contributed by atoms with Crippen molar-refractivity contribution in [3.63, 3.8) is 0 Å². The molecule has 5 nitrogen and oxygen atoms in total. The third-order valence-electron chi connectivity index (χ3n) is 4.43. The lowest BCUT2D eigenvalue weighted by atomic mass is 10.1. The molecule has 0 radical (unpaired) electrons. The summed E-state index contributed by atoms with van der Waals surface area (Å²) >= 11 is 0. The van der Waals surface area contributed by atoms with Crippen LogP contribution >= 0.6 is 0 Å². The van der Waals surface area contributed by atoms with Gasteiger partial charge in [-0.05, 0) is 26.0 Å². The molecule has 2 heterocycles. The van der Waals surface area contributed by atoms with E-state index in [2.05, 4.69) is 4.98 Å². The number of hydrogen-bond acceptors (Lipinski definition) is 4. The van der Waals surface area contributed by atoms with Crippen LogP contribution in [0.4, 0.5) is 0 Å². The molecule has 1 fully saturated rings. The second-order valence-corrected chi connectivity index (χ2v) is 8.18. The first kappa shape index (κ1) is 15.0. The van der Waals surface area contributed by atoms with Crippen molar-refractivity contribution in [2.24, 2.45) is 0 Å². The summed E-state index contributed by atoms with van der Waals surface area (Å²) in [5.74, 6) is -0.197. The lowest BCUT2D eigenvalue weighted by Gasteiger charge is -2.37. The SMILES string of the molecule is CC1C(C)S(=O)(=O)CCN1C(=O)c1ccc2ccccc2n1. The molecule has 2 aromatic rings. The Hall–Kier alpha value is -1.95. The monoisotopic (exact) mass is 318 g/mol. The quantitative estimate of drug-likeness (QED) is 0.805. The molecule has 1 amide bonds. The number of aromatic nitrogens is 1. The normalized spacial score (nSPS) is 24.4. The van der Waals surface area contributed by atoms with Crippen molar-refractivity contribution >= 4 is 26.6 Å². The molecule has 1 aliphatic heterocycles. The van der Waals surface area contributed by atoms with Gasteiger partial charge in [0.15, 0.2) is 9.84 Å². The van der Waals surface area contributed by atoms with E-state index in [0.717, 1.165) is 10.9 Å². The summed E-state index contributed by atoms with van der Waals surface area (Å²) in [6.07, 6.45) is 0. The van der Waals surface area contributed by atoms with Crippen molar-refractivity contribution in [3.05, 3.63) is 42.1 Å². The second kappa shape index (κ2) is 5.35. The van der Waals surface area contributed by atoms with Gasteiger partial charge in [-0.1, -0.05) is 24.3 Å². The van der Waals surface area contributed by atoms with E-state index in [0.29, 0.717) is 5.69 Å². The molecule has 1 aliphatic rings. The van der Waals surface area contributed by atoms with E-state index in [4.69, 9.17) is 0 Å². The van der Waals surface area contributed by atoms with Crippen molar-refractivity contribution in [1.82, 2.24) is 9.88 Å². The highest BCUT2D eigenvalue weighted by Crippen LogP contribution is 2.22. The van der Waals surface area contributed by atoms with Gasteiger partial charge in [-0.25, -0.2) is 13.4 Å². The predicted octanol–water partition coefficient (Wildman–Crippen LogP) is 1.88. The Morgan fingerprint density at radius 1 is 1.18 bits per heavy atom. The molecule has 1 aromatic carbocycles. The minimum Gasteiger partial charge on any atom is -0.332 e. The number of rotatable bonds is 1. The van der Waals surface area contributed by atoms with Gasteiger partial charge in [0, 0.05) is 18.0 Å². The lowest BCUT2D eigenvalue weighted by Crippen LogP contribution is -2.54. The zero-order chi connectivity index (χ0) is 15.9. The van der Waals surface area contributed by atoms with E-state index in [-0.39, 0.29) is 24.2 Å². The van der Waals surface area contributed by atoms with Gasteiger partial charge < -0.3 is 4.90 Å². The van der Waals surface area contributed by atoms with Gasteiger partial charge >= 0.3 is 0 Å². The number of fused-ring (bicyclic) bond motifs is 1. The summed E-state index contributed by atoms with van der Waals surface area (Å²) in [6.45, 7) is 3.66. The highest BCUT2D eigenvalue weighted by Gasteiger charge is 2.38. The molecule has 116 valence electrons. The molecule has 2 unspecified atom stereocenters. The number of para-hydroxylation sites is 1. The van der Waals surface area contributed by atoms with Gasteiger partial charge in [0.05, 0.1) is 16.5 Å². The molecule has 0 saturated carbocycles. The molecule has 0 spiro atoms. The van der Waals surface area contributed by atoms with Crippen molar-refractivity contribution < 1.29 is 13.2 Å². The van der Waals surface area contributed by atoms with Crippen LogP contribution < -0.4 is 0 Å². The molecule has 2 atom stereocenters. The zero-order valence-corrected chi connectivity index (χ0v) is 13.4. The Bertz CT molecular complexity index is 832. The first-order valence-corrected chi connectivity index (χ1v) is 9.00.